The van der Waals surface area contributed by atoms with Crippen molar-refractivity contribution in [3.8, 4) is 5.75 Å². The number of aryl methyl sites for hydroxylation is 1. The number of aromatic amines is 1. The summed E-state index contributed by atoms with van der Waals surface area (Å²) in [7, 11) is 5.97. The molecule has 0 radical (unpaired) electrons. The number of hydrogen-bond acceptors (Lipinski definition) is 11. The Balaban J connectivity index is 1.38. The Morgan fingerprint density at radius 1 is 1.03 bits per heavy atom. The van der Waals surface area contributed by atoms with Crippen LogP contribution in [0.15, 0.2) is 42.5 Å². The normalized spacial score (nSPS) is 35.9. The Bertz CT molecular complexity index is 2400. The molecular weight excluding hydrogens is 799 g/mol. The monoisotopic (exact) mass is 858 g/mol. The Labute approximate surface area is 361 Å². The highest BCUT2D eigenvalue weighted by atomic mass is 19.3. The first kappa shape index (κ1) is 42.8. The lowest BCUT2D eigenvalue weighted by atomic mass is 9.41. The molecule has 1 aliphatic carbocycles. The zero-order valence-electron chi connectivity index (χ0n) is 37.3. The number of piperidine rings is 1. The minimum atomic E-state index is -2.95. The van der Waals surface area contributed by atoms with Crippen molar-refractivity contribution in [2.24, 2.45) is 17.3 Å². The van der Waals surface area contributed by atoms with E-state index < -0.39 is 69.3 Å². The number of anilines is 1. The summed E-state index contributed by atoms with van der Waals surface area (Å²) in [4.78, 5) is 53.1. The van der Waals surface area contributed by atoms with Crippen molar-refractivity contribution >= 4 is 34.5 Å². The van der Waals surface area contributed by atoms with E-state index in [1.54, 1.807) is 7.11 Å². The number of aliphatic hydroxyl groups is 1. The number of ether oxygens (including phenoxy) is 4. The summed E-state index contributed by atoms with van der Waals surface area (Å²) in [6.45, 7) is 10.8. The predicted octanol–water partition coefficient (Wildman–Crippen LogP) is 6.03. The second-order valence-corrected chi connectivity index (χ2v) is 19.2. The van der Waals surface area contributed by atoms with Gasteiger partial charge >= 0.3 is 17.9 Å². The van der Waals surface area contributed by atoms with Crippen molar-refractivity contribution in [3.05, 3.63) is 70.4 Å². The molecule has 2 N–H and O–H groups in total. The molecule has 6 aliphatic rings. The minimum absolute atomic E-state index is 0.149. The van der Waals surface area contributed by atoms with Crippen molar-refractivity contribution in [1.82, 2.24) is 14.8 Å². The third kappa shape index (κ3) is 5.23. The largest absolute Gasteiger partial charge is 0.496 e. The highest BCUT2D eigenvalue weighted by Crippen LogP contribution is 2.73. The molecule has 2 bridgehead atoms. The number of esters is 3. The van der Waals surface area contributed by atoms with E-state index in [1.165, 1.54) is 21.1 Å². The van der Waals surface area contributed by atoms with E-state index >= 15 is 13.6 Å². The van der Waals surface area contributed by atoms with Gasteiger partial charge in [-0.15, -0.1) is 0 Å². The van der Waals surface area contributed by atoms with E-state index in [0.717, 1.165) is 40.9 Å². The molecule has 10 atom stereocenters. The third-order valence-corrected chi connectivity index (χ3v) is 16.7. The van der Waals surface area contributed by atoms with E-state index in [4.69, 9.17) is 18.9 Å². The van der Waals surface area contributed by atoms with Crippen LogP contribution in [0.25, 0.3) is 10.9 Å². The van der Waals surface area contributed by atoms with Gasteiger partial charge in [0, 0.05) is 103 Å². The van der Waals surface area contributed by atoms with Gasteiger partial charge in [0.15, 0.2) is 6.10 Å². The first-order valence-electron chi connectivity index (χ1n) is 22.1. The maximum atomic E-state index is 15.5. The Kier molecular flexibility index (Phi) is 9.82. The molecule has 2 unspecified atom stereocenters. The van der Waals surface area contributed by atoms with E-state index in [0.29, 0.717) is 61.7 Å². The fraction of sp³-hybridized carbons (Fsp3) is 0.604. The summed E-state index contributed by atoms with van der Waals surface area (Å²) in [5, 5.41) is 14.4. The first-order valence-corrected chi connectivity index (χ1v) is 22.1. The summed E-state index contributed by atoms with van der Waals surface area (Å²) in [5.74, 6) is -5.96. The number of nitrogens with one attached hydrogen (secondary N) is 1. The van der Waals surface area contributed by atoms with Crippen molar-refractivity contribution < 1.29 is 47.2 Å². The summed E-state index contributed by atoms with van der Waals surface area (Å²) >= 11 is 0. The van der Waals surface area contributed by atoms with Crippen LogP contribution in [0.3, 0.4) is 0 Å². The second kappa shape index (κ2) is 14.2. The minimum Gasteiger partial charge on any atom is -0.496 e. The standard InChI is InChI=1S/C48H60F2N4O8/c1-10-28-13-14-35-31(20-28)32-26-53-24-29(19-30(25-53)43(4,49)50)23-46(38(32)51-35,41(56)60-8)34-21-33-36(22-37(34)59-7)52(6)39-47(33)16-18-54-17-12-15-45(11-2,44(47,54)5)40(62-27(3)55)48(39,58)42(57)61-9/h12-15,20-22,29-30,39-40,51,58H,10-11,16-19,23-26H2,1-9H3/t29-,30?,39-,40-,44+,45+,46+,47+,48+/m1/s1. The van der Waals surface area contributed by atoms with Gasteiger partial charge in [0.1, 0.15) is 11.2 Å². The fourth-order valence-electron chi connectivity index (χ4n) is 14.1. The lowest BCUT2D eigenvalue weighted by Gasteiger charge is -2.69. The van der Waals surface area contributed by atoms with Gasteiger partial charge in [-0.25, -0.2) is 13.6 Å². The SMILES string of the molecule is CCc1ccc2[nH]c3c(c2c1)CN1CC(C(C)(F)F)C[C@@H](C1)C[C@]3(C(=O)OC)c1cc2c(cc1OC)N(C)[C@H]1[C@@](O)(C(=O)OC)[C@H](OC(C)=O)[C@]3(CC)C=CCN4CC[C@]21[C@@]43C. The molecule has 3 fully saturated rings. The Morgan fingerprint density at radius 3 is 2.42 bits per heavy atom. The number of methoxy groups -OCH3 is 3. The lowest BCUT2D eigenvalue weighted by Crippen LogP contribution is -2.85. The lowest BCUT2D eigenvalue weighted by molar-refractivity contribution is -0.244. The van der Waals surface area contributed by atoms with E-state index in [-0.39, 0.29) is 25.3 Å². The van der Waals surface area contributed by atoms with Crippen LogP contribution in [0.2, 0.25) is 0 Å². The maximum absolute atomic E-state index is 15.5. The molecule has 2 aromatic carbocycles. The van der Waals surface area contributed by atoms with Crippen LogP contribution in [-0.4, -0.2) is 122 Å². The van der Waals surface area contributed by atoms with Gasteiger partial charge in [0.05, 0.1) is 27.4 Å². The number of benzene rings is 2. The van der Waals surface area contributed by atoms with Crippen LogP contribution in [0, 0.1) is 17.3 Å². The average molecular weight is 859 g/mol. The number of aromatic nitrogens is 1. The molecule has 62 heavy (non-hydrogen) atoms. The zero-order valence-corrected chi connectivity index (χ0v) is 37.3. The molecule has 1 spiro atoms. The van der Waals surface area contributed by atoms with Crippen LogP contribution < -0.4 is 9.64 Å². The van der Waals surface area contributed by atoms with Crippen molar-refractivity contribution in [2.75, 3.05) is 59.5 Å². The number of H-pyrrole nitrogens is 1. The van der Waals surface area contributed by atoms with E-state index in [2.05, 4.69) is 40.8 Å². The molecule has 6 heterocycles. The van der Waals surface area contributed by atoms with Crippen molar-refractivity contribution in [3.63, 3.8) is 0 Å². The second-order valence-electron chi connectivity index (χ2n) is 19.2. The molecule has 9 rings (SSSR count). The molecule has 334 valence electrons. The maximum Gasteiger partial charge on any atom is 0.344 e. The van der Waals surface area contributed by atoms with E-state index in [9.17, 15) is 14.7 Å². The summed E-state index contributed by atoms with van der Waals surface area (Å²) in [6, 6.07) is 9.11. The number of hydrogen-bond donors (Lipinski definition) is 2. The number of alkyl halides is 2. The smallest absolute Gasteiger partial charge is 0.344 e. The number of halogens is 2. The van der Waals surface area contributed by atoms with Gasteiger partial charge in [-0.2, -0.15) is 0 Å². The number of nitrogens with zero attached hydrogens (tertiary/aromatic N) is 3. The highest BCUT2D eigenvalue weighted by molar-refractivity contribution is 5.95. The van der Waals surface area contributed by atoms with Gasteiger partial charge in [0.25, 0.3) is 0 Å². The molecule has 0 amide bonds. The van der Waals surface area contributed by atoms with Crippen LogP contribution in [-0.2, 0) is 52.4 Å². The van der Waals surface area contributed by atoms with Gasteiger partial charge < -0.3 is 33.9 Å². The number of rotatable bonds is 8. The molecule has 1 aromatic heterocycles. The summed E-state index contributed by atoms with van der Waals surface area (Å²) in [5.41, 5.74) is -1.57. The van der Waals surface area contributed by atoms with E-state index in [1.807, 2.05) is 49.2 Å². The van der Waals surface area contributed by atoms with Gasteiger partial charge in [-0.3, -0.25) is 19.4 Å². The molecule has 2 saturated heterocycles. The van der Waals surface area contributed by atoms with Crippen LogP contribution in [0.5, 0.6) is 5.75 Å². The van der Waals surface area contributed by atoms with Crippen LogP contribution >= 0.6 is 0 Å². The number of carbonyl (C=O) groups excluding carboxylic acids is 3. The fourth-order valence-corrected chi connectivity index (χ4v) is 14.1. The molecule has 5 aliphatic heterocycles. The van der Waals surface area contributed by atoms with Gasteiger partial charge in [0.2, 0.25) is 11.5 Å². The molecule has 1 saturated carbocycles. The van der Waals surface area contributed by atoms with Crippen LogP contribution in [0.1, 0.15) is 88.2 Å². The Morgan fingerprint density at radius 2 is 1.77 bits per heavy atom. The molecule has 14 heteroatoms. The molecule has 3 aromatic rings. The molecular formula is C48H60F2N4O8. The third-order valence-electron chi connectivity index (χ3n) is 16.7. The summed E-state index contributed by atoms with van der Waals surface area (Å²) in [6.07, 6.45) is 4.75. The highest BCUT2D eigenvalue weighted by Gasteiger charge is 2.84. The average Bonchev–Trinajstić information content (AvgIpc) is 3.85. The zero-order chi connectivity index (χ0) is 44.5. The van der Waals surface area contributed by atoms with Crippen molar-refractivity contribution in [2.45, 2.75) is 113 Å². The number of likely N-dealkylation sites (N-methyl/N-ethyl adjacent to an activating group) is 1. The van der Waals surface area contributed by atoms with Crippen molar-refractivity contribution in [1.29, 1.82) is 0 Å². The van der Waals surface area contributed by atoms with Crippen LogP contribution in [0.4, 0.5) is 14.5 Å². The molecule has 12 nitrogen and oxygen atoms in total. The topological polar surface area (TPSA) is 134 Å². The van der Waals surface area contributed by atoms with Gasteiger partial charge in [-0.1, -0.05) is 32.1 Å². The number of fused-ring (bicyclic) bond motifs is 6. The first-order chi connectivity index (χ1) is 29.4. The predicted molar refractivity (Wildman–Crippen MR) is 228 cm³/mol. The number of carbonyl (C=O) groups is 3. The quantitative estimate of drug-likeness (QED) is 0.156. The summed E-state index contributed by atoms with van der Waals surface area (Å²) < 4.78 is 54.8. The Hall–Kier alpha value is -4.53. The van der Waals surface area contributed by atoms with Gasteiger partial charge in [-0.05, 0) is 86.8 Å².